The summed E-state index contributed by atoms with van der Waals surface area (Å²) in [4.78, 5) is 28.3. The van der Waals surface area contributed by atoms with Gasteiger partial charge in [-0.25, -0.2) is 23.5 Å². The van der Waals surface area contributed by atoms with Crippen LogP contribution < -0.4 is 20.7 Å². The number of hydrogen-bond donors (Lipinski definition) is 3. The Labute approximate surface area is 252 Å². The summed E-state index contributed by atoms with van der Waals surface area (Å²) in [6, 6.07) is 17.3. The van der Waals surface area contributed by atoms with Crippen LogP contribution in [-0.4, -0.2) is 40.9 Å². The lowest BCUT2D eigenvalue weighted by Crippen LogP contribution is -2.17. The number of carbonyl (C=O) groups excluding carboxylic acids is 1. The van der Waals surface area contributed by atoms with E-state index in [9.17, 15) is 13.2 Å². The maximum atomic E-state index is 12.8. The first kappa shape index (κ1) is 29.3. The Morgan fingerprint density at radius 1 is 1.05 bits per heavy atom. The van der Waals surface area contributed by atoms with Crippen molar-refractivity contribution < 1.29 is 13.2 Å². The van der Waals surface area contributed by atoms with Gasteiger partial charge in [-0.3, -0.25) is 10.1 Å². The third-order valence-corrected chi connectivity index (χ3v) is 8.38. The summed E-state index contributed by atoms with van der Waals surface area (Å²) in [5.74, 6) is 0.933. The molecule has 4 N–H and O–H groups in total. The average Bonchev–Trinajstić information content (AvgIpc) is 3.25. The number of anilines is 5. The number of rotatable bonds is 8. The van der Waals surface area contributed by atoms with Gasteiger partial charge < -0.3 is 14.8 Å². The molecule has 0 bridgehead atoms. The molecule has 0 saturated heterocycles. The van der Waals surface area contributed by atoms with E-state index in [1.165, 1.54) is 6.07 Å². The number of sulfonamides is 1. The Morgan fingerprint density at radius 3 is 2.57 bits per heavy atom. The summed E-state index contributed by atoms with van der Waals surface area (Å²) in [7, 11) is -0.236. The Hall–Kier alpha value is -4.23. The summed E-state index contributed by atoms with van der Waals surface area (Å²) in [6.45, 7) is 1.67. The molecule has 14 heteroatoms. The molecule has 0 fully saturated rings. The van der Waals surface area contributed by atoms with Gasteiger partial charge in [0.15, 0.2) is 0 Å². The number of nitrogens with one attached hydrogen (secondary N) is 2. The molecule has 0 atom stereocenters. The summed E-state index contributed by atoms with van der Waals surface area (Å²) in [5.41, 5.74) is 3.91. The second-order valence-electron chi connectivity index (χ2n) is 9.56. The highest BCUT2D eigenvalue weighted by molar-refractivity contribution is 7.89. The van der Waals surface area contributed by atoms with Crippen LogP contribution in [0.4, 0.5) is 29.1 Å². The third-order valence-electron chi connectivity index (χ3n) is 6.59. The first-order chi connectivity index (χ1) is 19.9. The molecule has 2 aromatic heterocycles. The van der Waals surface area contributed by atoms with Crippen LogP contribution in [0.3, 0.4) is 0 Å². The summed E-state index contributed by atoms with van der Waals surface area (Å²) in [5, 5.41) is 12.1. The van der Waals surface area contributed by atoms with Gasteiger partial charge in [-0.05, 0) is 60.5 Å². The van der Waals surface area contributed by atoms with Gasteiger partial charge in [0.2, 0.25) is 27.8 Å². The van der Waals surface area contributed by atoms with Gasteiger partial charge >= 0.3 is 0 Å². The Bertz CT molecular complexity index is 1950. The average molecular weight is 626 g/mol. The number of aryl methyl sites for hydroxylation is 2. The zero-order chi connectivity index (χ0) is 30.2. The van der Waals surface area contributed by atoms with E-state index in [0.717, 1.165) is 16.8 Å². The van der Waals surface area contributed by atoms with E-state index in [0.29, 0.717) is 38.6 Å². The lowest BCUT2D eigenvalue weighted by molar-refractivity contribution is -0.115. The van der Waals surface area contributed by atoms with Crippen molar-refractivity contribution in [2.75, 3.05) is 22.6 Å². The number of para-hydroxylation sites is 1. The van der Waals surface area contributed by atoms with Gasteiger partial charge in [0.05, 0.1) is 32.6 Å². The van der Waals surface area contributed by atoms with Gasteiger partial charge in [0, 0.05) is 26.0 Å². The van der Waals surface area contributed by atoms with Crippen LogP contribution in [0.5, 0.6) is 0 Å². The molecule has 1 amide bonds. The lowest BCUT2D eigenvalue weighted by atomic mass is 10.1. The fraction of sp³-hybridized carbons (Fsp3) is 0.143. The number of carbonyl (C=O) groups is 1. The molecule has 0 spiro atoms. The molecule has 0 radical (unpaired) electrons. The highest BCUT2D eigenvalue weighted by Crippen LogP contribution is 2.32. The second-order valence-corrected chi connectivity index (χ2v) is 11.9. The minimum atomic E-state index is -3.89. The first-order valence-corrected chi connectivity index (χ1v) is 14.9. The van der Waals surface area contributed by atoms with Crippen LogP contribution in [-0.2, 0) is 28.3 Å². The molecular formula is C28H26Cl2N8O3S. The quantitative estimate of drug-likeness (QED) is 0.210. The van der Waals surface area contributed by atoms with E-state index in [2.05, 4.69) is 20.6 Å². The van der Waals surface area contributed by atoms with Crippen molar-refractivity contribution in [1.29, 1.82) is 0 Å². The van der Waals surface area contributed by atoms with Crippen LogP contribution in [0.25, 0.3) is 11.0 Å². The molecule has 11 nitrogen and oxygen atoms in total. The minimum Gasteiger partial charge on any atom is -0.327 e. The van der Waals surface area contributed by atoms with Crippen molar-refractivity contribution in [3.05, 3.63) is 88.0 Å². The molecule has 2 heterocycles. The molecule has 0 aliphatic rings. The zero-order valence-corrected chi connectivity index (χ0v) is 25.1. The molecule has 5 aromatic rings. The number of halogens is 2. The predicted octanol–water partition coefficient (Wildman–Crippen LogP) is 5.32. The predicted molar refractivity (Wildman–Crippen MR) is 165 cm³/mol. The van der Waals surface area contributed by atoms with E-state index in [1.54, 1.807) is 54.1 Å². The van der Waals surface area contributed by atoms with Crippen LogP contribution in [0, 0.1) is 6.92 Å². The maximum Gasteiger partial charge on any atom is 0.238 e. The largest absolute Gasteiger partial charge is 0.327 e. The van der Waals surface area contributed by atoms with Crippen molar-refractivity contribution in [2.45, 2.75) is 18.2 Å². The number of nitrogens with two attached hydrogens (primary N) is 1. The van der Waals surface area contributed by atoms with E-state index >= 15 is 0 Å². The van der Waals surface area contributed by atoms with Gasteiger partial charge in [-0.1, -0.05) is 41.4 Å². The molecule has 0 aliphatic heterocycles. The molecule has 5 rings (SSSR count). The Morgan fingerprint density at radius 2 is 1.83 bits per heavy atom. The Kier molecular flexibility index (Phi) is 8.06. The minimum absolute atomic E-state index is 0.0162. The first-order valence-electron chi connectivity index (χ1n) is 12.6. The highest BCUT2D eigenvalue weighted by Gasteiger charge is 2.18. The SMILES string of the molecule is Cc1ccc(Nc2nccc(N(C)c3cccc4c3nc(NC(=O)Cc3ccc(Cl)c(Cl)c3)n4C)n2)cc1S(N)(=O)=O. The molecular weight excluding hydrogens is 599 g/mol. The number of imidazole rings is 1. The number of primary sulfonamides is 1. The molecule has 0 unspecified atom stereocenters. The van der Waals surface area contributed by atoms with Crippen LogP contribution in [0.15, 0.2) is 71.8 Å². The van der Waals surface area contributed by atoms with E-state index in [1.807, 2.05) is 37.2 Å². The van der Waals surface area contributed by atoms with Crippen LogP contribution in [0.1, 0.15) is 11.1 Å². The summed E-state index contributed by atoms with van der Waals surface area (Å²) in [6.07, 6.45) is 1.69. The van der Waals surface area contributed by atoms with Gasteiger partial charge in [0.25, 0.3) is 0 Å². The maximum absolute atomic E-state index is 12.8. The molecule has 3 aromatic carbocycles. The Balaban J connectivity index is 1.39. The second kappa shape index (κ2) is 11.6. The van der Waals surface area contributed by atoms with Gasteiger partial charge in [-0.2, -0.15) is 4.98 Å². The standard InChI is InChI=1S/C28H26Cl2N8O3S/c1-16-7-9-18(15-23(16)42(31,40)41)33-27-32-12-11-24(34-27)37(2)21-5-4-6-22-26(21)36-28(38(22)3)35-25(39)14-17-8-10-19(29)20(30)13-17/h4-13,15H,14H2,1-3H3,(H2,31,40,41)(H,32,33,34)(H,35,36,39). The summed E-state index contributed by atoms with van der Waals surface area (Å²) < 4.78 is 25.7. The number of aromatic nitrogens is 4. The van der Waals surface area contributed by atoms with Crippen molar-refractivity contribution in [2.24, 2.45) is 12.2 Å². The van der Waals surface area contributed by atoms with Crippen molar-refractivity contribution in [3.8, 4) is 0 Å². The van der Waals surface area contributed by atoms with Crippen molar-refractivity contribution in [3.63, 3.8) is 0 Å². The zero-order valence-electron chi connectivity index (χ0n) is 22.8. The van der Waals surface area contributed by atoms with Gasteiger partial charge in [0.1, 0.15) is 11.3 Å². The monoisotopic (exact) mass is 624 g/mol. The smallest absolute Gasteiger partial charge is 0.238 e. The number of fused-ring (bicyclic) bond motifs is 1. The highest BCUT2D eigenvalue weighted by atomic mass is 35.5. The van der Waals surface area contributed by atoms with E-state index in [4.69, 9.17) is 33.3 Å². The third kappa shape index (κ3) is 6.16. The number of hydrogen-bond acceptors (Lipinski definition) is 8. The van der Waals surface area contributed by atoms with E-state index < -0.39 is 10.0 Å². The molecule has 0 saturated carbocycles. The molecule has 216 valence electrons. The fourth-order valence-corrected chi connectivity index (χ4v) is 5.55. The summed E-state index contributed by atoms with van der Waals surface area (Å²) >= 11 is 12.1. The van der Waals surface area contributed by atoms with E-state index in [-0.39, 0.29) is 23.2 Å². The molecule has 42 heavy (non-hydrogen) atoms. The van der Waals surface area contributed by atoms with Crippen LogP contribution in [0.2, 0.25) is 10.0 Å². The molecule has 0 aliphatic carbocycles. The van der Waals surface area contributed by atoms with Crippen molar-refractivity contribution >= 4 is 79.3 Å². The number of benzene rings is 3. The van der Waals surface area contributed by atoms with Gasteiger partial charge in [-0.15, -0.1) is 0 Å². The number of amides is 1. The topological polar surface area (TPSA) is 148 Å². The lowest BCUT2D eigenvalue weighted by Gasteiger charge is -2.19. The van der Waals surface area contributed by atoms with Crippen molar-refractivity contribution in [1.82, 2.24) is 19.5 Å². The van der Waals surface area contributed by atoms with Crippen LogP contribution >= 0.6 is 23.2 Å². The number of nitrogens with zero attached hydrogens (tertiary/aromatic N) is 5. The normalized spacial score (nSPS) is 11.5. The fourth-order valence-electron chi connectivity index (χ4n) is 4.42.